The van der Waals surface area contributed by atoms with Crippen LogP contribution in [0, 0.1) is 0 Å². The zero-order valence-corrected chi connectivity index (χ0v) is 15.3. The first-order valence-corrected chi connectivity index (χ1v) is 9.15. The molecule has 3 rings (SSSR count). The maximum absolute atomic E-state index is 13.0. The van der Waals surface area contributed by atoms with Gasteiger partial charge in [0.05, 0.1) is 11.1 Å². The SMILES string of the molecule is CCN(CC)CCCNc1ccc(N)c2c1C(=O)c1ccccc1C2=O. The van der Waals surface area contributed by atoms with E-state index in [1.165, 1.54) is 0 Å². The Kier molecular flexibility index (Phi) is 5.38. The van der Waals surface area contributed by atoms with Crippen LogP contribution in [-0.2, 0) is 0 Å². The molecule has 5 heteroatoms. The van der Waals surface area contributed by atoms with Gasteiger partial charge in [0.25, 0.3) is 0 Å². The number of fused-ring (bicyclic) bond motifs is 2. The molecular formula is C21H25N3O2. The molecule has 0 saturated heterocycles. The summed E-state index contributed by atoms with van der Waals surface area (Å²) in [7, 11) is 0. The molecule has 0 fully saturated rings. The van der Waals surface area contributed by atoms with E-state index < -0.39 is 0 Å². The number of benzene rings is 2. The van der Waals surface area contributed by atoms with Gasteiger partial charge in [0, 0.05) is 29.0 Å². The Bertz CT molecular complexity index is 841. The van der Waals surface area contributed by atoms with E-state index in [0.717, 1.165) is 32.6 Å². The maximum atomic E-state index is 13.0. The van der Waals surface area contributed by atoms with Crippen molar-refractivity contribution in [3.8, 4) is 0 Å². The Hall–Kier alpha value is -2.66. The molecular weight excluding hydrogens is 326 g/mol. The van der Waals surface area contributed by atoms with E-state index in [2.05, 4.69) is 24.1 Å². The molecule has 0 spiro atoms. The second-order valence-corrected chi connectivity index (χ2v) is 6.46. The molecule has 1 aliphatic rings. The van der Waals surface area contributed by atoms with Crippen molar-refractivity contribution in [2.24, 2.45) is 0 Å². The standard InChI is InChI=1S/C21H25N3O2/c1-3-24(4-2)13-7-12-23-17-11-10-16(22)18-19(17)21(26)15-9-6-5-8-14(15)20(18)25/h5-6,8-11,23H,3-4,7,12-13,22H2,1-2H3. The molecule has 2 aromatic carbocycles. The third-order valence-corrected chi connectivity index (χ3v) is 4.97. The molecule has 5 nitrogen and oxygen atoms in total. The highest BCUT2D eigenvalue weighted by Crippen LogP contribution is 2.35. The van der Waals surface area contributed by atoms with Crippen molar-refractivity contribution in [1.82, 2.24) is 4.90 Å². The summed E-state index contributed by atoms with van der Waals surface area (Å²) >= 11 is 0. The van der Waals surface area contributed by atoms with Crippen molar-refractivity contribution in [3.63, 3.8) is 0 Å². The Morgan fingerprint density at radius 2 is 1.54 bits per heavy atom. The number of nitrogen functional groups attached to an aromatic ring is 1. The highest BCUT2D eigenvalue weighted by Gasteiger charge is 2.33. The summed E-state index contributed by atoms with van der Waals surface area (Å²) in [5.74, 6) is -0.326. The predicted octanol–water partition coefficient (Wildman–Crippen LogP) is 3.19. The van der Waals surface area contributed by atoms with Crippen LogP contribution in [-0.4, -0.2) is 42.6 Å². The molecule has 0 amide bonds. The predicted molar refractivity (Wildman–Crippen MR) is 105 cm³/mol. The molecule has 26 heavy (non-hydrogen) atoms. The summed E-state index contributed by atoms with van der Waals surface area (Å²) in [5, 5.41) is 3.33. The smallest absolute Gasteiger partial charge is 0.196 e. The Morgan fingerprint density at radius 1 is 0.923 bits per heavy atom. The number of nitrogens with one attached hydrogen (secondary N) is 1. The summed E-state index contributed by atoms with van der Waals surface area (Å²) < 4.78 is 0. The van der Waals surface area contributed by atoms with Crippen LogP contribution in [0.2, 0.25) is 0 Å². The van der Waals surface area contributed by atoms with Gasteiger partial charge in [-0.25, -0.2) is 0 Å². The van der Waals surface area contributed by atoms with Crippen LogP contribution in [0.5, 0.6) is 0 Å². The Morgan fingerprint density at radius 3 is 2.15 bits per heavy atom. The summed E-state index contributed by atoms with van der Waals surface area (Å²) in [6.07, 6.45) is 0.958. The van der Waals surface area contributed by atoms with Gasteiger partial charge in [-0.05, 0) is 38.2 Å². The third kappa shape index (κ3) is 3.22. The van der Waals surface area contributed by atoms with Gasteiger partial charge in [0.15, 0.2) is 11.6 Å². The zero-order valence-electron chi connectivity index (χ0n) is 15.3. The monoisotopic (exact) mass is 351 g/mol. The molecule has 0 unspecified atom stereocenters. The maximum Gasteiger partial charge on any atom is 0.196 e. The van der Waals surface area contributed by atoms with E-state index in [-0.39, 0.29) is 11.6 Å². The summed E-state index contributed by atoms with van der Waals surface area (Å²) in [6, 6.07) is 10.4. The van der Waals surface area contributed by atoms with Crippen molar-refractivity contribution in [2.45, 2.75) is 20.3 Å². The summed E-state index contributed by atoms with van der Waals surface area (Å²) in [6.45, 7) is 8.07. The minimum atomic E-state index is -0.181. The minimum absolute atomic E-state index is 0.145. The summed E-state index contributed by atoms with van der Waals surface area (Å²) in [5.41, 5.74) is 8.67. The third-order valence-electron chi connectivity index (χ3n) is 4.97. The van der Waals surface area contributed by atoms with Crippen LogP contribution in [0.4, 0.5) is 11.4 Å². The minimum Gasteiger partial charge on any atom is -0.398 e. The lowest BCUT2D eigenvalue weighted by Gasteiger charge is -2.23. The largest absolute Gasteiger partial charge is 0.398 e. The van der Waals surface area contributed by atoms with Crippen LogP contribution in [0.3, 0.4) is 0 Å². The molecule has 0 aliphatic heterocycles. The zero-order chi connectivity index (χ0) is 18.7. The van der Waals surface area contributed by atoms with Gasteiger partial charge in [-0.2, -0.15) is 0 Å². The van der Waals surface area contributed by atoms with E-state index in [1.807, 2.05) is 0 Å². The van der Waals surface area contributed by atoms with Gasteiger partial charge in [-0.3, -0.25) is 9.59 Å². The molecule has 0 bridgehead atoms. The average Bonchev–Trinajstić information content (AvgIpc) is 2.67. The lowest BCUT2D eigenvalue weighted by molar-refractivity contribution is 0.0980. The highest BCUT2D eigenvalue weighted by molar-refractivity contribution is 6.31. The van der Waals surface area contributed by atoms with Crippen molar-refractivity contribution in [2.75, 3.05) is 37.2 Å². The first-order valence-electron chi connectivity index (χ1n) is 9.15. The number of hydrogen-bond acceptors (Lipinski definition) is 5. The van der Waals surface area contributed by atoms with Crippen LogP contribution in [0.1, 0.15) is 52.1 Å². The first-order chi connectivity index (χ1) is 12.6. The van der Waals surface area contributed by atoms with Crippen LogP contribution >= 0.6 is 0 Å². The fourth-order valence-corrected chi connectivity index (χ4v) is 3.46. The second-order valence-electron chi connectivity index (χ2n) is 6.46. The molecule has 2 aromatic rings. The first kappa shape index (κ1) is 18.1. The van der Waals surface area contributed by atoms with Crippen LogP contribution in [0.15, 0.2) is 36.4 Å². The van der Waals surface area contributed by atoms with Gasteiger partial charge in [0.2, 0.25) is 0 Å². The van der Waals surface area contributed by atoms with Gasteiger partial charge < -0.3 is 16.0 Å². The normalized spacial score (nSPS) is 12.9. The number of nitrogens with two attached hydrogens (primary N) is 1. The number of rotatable bonds is 7. The van der Waals surface area contributed by atoms with Gasteiger partial charge in [-0.1, -0.05) is 38.1 Å². The second kappa shape index (κ2) is 7.70. The average molecular weight is 351 g/mol. The molecule has 3 N–H and O–H groups in total. The molecule has 0 atom stereocenters. The fraction of sp³-hybridized carbons (Fsp3) is 0.333. The van der Waals surface area contributed by atoms with Gasteiger partial charge in [-0.15, -0.1) is 0 Å². The number of carbonyl (C=O) groups excluding carboxylic acids is 2. The fourth-order valence-electron chi connectivity index (χ4n) is 3.46. The molecule has 0 aromatic heterocycles. The lowest BCUT2D eigenvalue weighted by Crippen LogP contribution is -2.26. The van der Waals surface area contributed by atoms with Gasteiger partial charge >= 0.3 is 0 Å². The van der Waals surface area contributed by atoms with Crippen LogP contribution < -0.4 is 11.1 Å². The number of anilines is 2. The van der Waals surface area contributed by atoms with E-state index in [4.69, 9.17) is 5.73 Å². The van der Waals surface area contributed by atoms with Crippen molar-refractivity contribution in [1.29, 1.82) is 0 Å². The highest BCUT2D eigenvalue weighted by atomic mass is 16.1. The number of nitrogens with zero attached hydrogens (tertiary/aromatic N) is 1. The number of carbonyl (C=O) groups is 2. The van der Waals surface area contributed by atoms with E-state index in [9.17, 15) is 9.59 Å². The molecule has 1 aliphatic carbocycles. The molecule has 136 valence electrons. The quantitative estimate of drug-likeness (QED) is 0.505. The van der Waals surface area contributed by atoms with Crippen LogP contribution in [0.25, 0.3) is 0 Å². The molecule has 0 radical (unpaired) electrons. The molecule has 0 heterocycles. The van der Waals surface area contributed by atoms with Crippen molar-refractivity contribution in [3.05, 3.63) is 58.7 Å². The van der Waals surface area contributed by atoms with E-state index in [1.54, 1.807) is 36.4 Å². The van der Waals surface area contributed by atoms with E-state index >= 15 is 0 Å². The summed E-state index contributed by atoms with van der Waals surface area (Å²) in [4.78, 5) is 28.2. The lowest BCUT2D eigenvalue weighted by atomic mass is 9.82. The Labute approximate surface area is 154 Å². The number of ketones is 2. The molecule has 0 saturated carbocycles. The van der Waals surface area contributed by atoms with E-state index in [0.29, 0.717) is 33.6 Å². The van der Waals surface area contributed by atoms with Crippen molar-refractivity contribution >= 4 is 22.9 Å². The van der Waals surface area contributed by atoms with Gasteiger partial charge in [0.1, 0.15) is 0 Å². The topological polar surface area (TPSA) is 75.4 Å². The number of hydrogen-bond donors (Lipinski definition) is 2. The van der Waals surface area contributed by atoms with Crippen molar-refractivity contribution < 1.29 is 9.59 Å². The Balaban J connectivity index is 1.86.